The number of ether oxygens (including phenoxy) is 1. The van der Waals surface area contributed by atoms with Crippen LogP contribution in [0.3, 0.4) is 0 Å². The molecule has 0 fully saturated rings. The van der Waals surface area contributed by atoms with Crippen LogP contribution in [0.1, 0.15) is 13.8 Å². The largest absolute Gasteiger partial charge is 0.497 e. The number of anilines is 2. The number of aromatic nitrogens is 1. The van der Waals surface area contributed by atoms with E-state index in [0.717, 1.165) is 17.0 Å². The van der Waals surface area contributed by atoms with Gasteiger partial charge in [-0.25, -0.2) is 4.98 Å². The summed E-state index contributed by atoms with van der Waals surface area (Å²) in [6.45, 7) is 3.99. The van der Waals surface area contributed by atoms with Crippen molar-refractivity contribution in [3.8, 4) is 17.0 Å². The lowest BCUT2D eigenvalue weighted by molar-refractivity contribution is 0.230. The summed E-state index contributed by atoms with van der Waals surface area (Å²) in [6, 6.07) is 22.5. The fourth-order valence-electron chi connectivity index (χ4n) is 3.74. The molecule has 0 spiro atoms. The Bertz CT molecular complexity index is 1320. The average Bonchev–Trinajstić information content (AvgIpc) is 2.85. The first-order valence-corrected chi connectivity index (χ1v) is 12.9. The molecule has 0 amide bonds. The highest BCUT2D eigenvalue weighted by molar-refractivity contribution is 7.63. The van der Waals surface area contributed by atoms with Crippen molar-refractivity contribution in [2.24, 2.45) is 0 Å². The second kappa shape index (κ2) is 10.6. The van der Waals surface area contributed by atoms with Crippen molar-refractivity contribution >= 4 is 46.8 Å². The van der Waals surface area contributed by atoms with Crippen LogP contribution in [0.2, 0.25) is 5.02 Å². The van der Waals surface area contributed by atoms with E-state index in [-0.39, 0.29) is 13.2 Å². The van der Waals surface area contributed by atoms with E-state index in [1.165, 1.54) is 0 Å². The molecule has 176 valence electrons. The molecule has 4 rings (SSSR count). The van der Waals surface area contributed by atoms with Gasteiger partial charge in [-0.3, -0.25) is 4.57 Å². The van der Waals surface area contributed by atoms with Crippen molar-refractivity contribution in [3.05, 3.63) is 77.8 Å². The van der Waals surface area contributed by atoms with E-state index in [0.29, 0.717) is 32.6 Å². The maximum Gasteiger partial charge on any atom is 0.365 e. The Morgan fingerprint density at radius 2 is 1.62 bits per heavy atom. The number of fused-ring (bicyclic) bond motifs is 1. The predicted molar refractivity (Wildman–Crippen MR) is 139 cm³/mol. The number of nitrogens with zero attached hydrogens (tertiary/aromatic N) is 1. The van der Waals surface area contributed by atoms with E-state index in [9.17, 15) is 4.57 Å². The lowest BCUT2D eigenvalue weighted by Gasteiger charge is -2.24. The molecule has 0 bridgehead atoms. The Hall–Kier alpha value is -2.89. The van der Waals surface area contributed by atoms with Crippen LogP contribution >= 0.6 is 19.2 Å². The van der Waals surface area contributed by atoms with Gasteiger partial charge in [-0.1, -0.05) is 41.9 Å². The third kappa shape index (κ3) is 4.96. The molecule has 0 aliphatic heterocycles. The van der Waals surface area contributed by atoms with Crippen molar-refractivity contribution in [1.82, 2.24) is 4.98 Å². The first kappa shape index (κ1) is 24.2. The van der Waals surface area contributed by atoms with Gasteiger partial charge in [-0.05, 0) is 56.3 Å². The zero-order valence-electron chi connectivity index (χ0n) is 19.2. The molecule has 0 aliphatic rings. The average molecular weight is 497 g/mol. The standard InChI is InChI=1S/C26H26ClN2O4P/c1-4-32-34(30,33-5-2)26-24(18-9-7-6-8-10-18)29-23-16-11-19(27)17-22(23)25(26)28-20-12-14-21(31-3)15-13-20/h6-17H,4-5H2,1-3H3,(H,28,29). The zero-order chi connectivity index (χ0) is 24.1. The van der Waals surface area contributed by atoms with Crippen molar-refractivity contribution in [3.63, 3.8) is 0 Å². The van der Waals surface area contributed by atoms with Gasteiger partial charge in [0, 0.05) is 21.7 Å². The van der Waals surface area contributed by atoms with Crippen LogP contribution < -0.4 is 15.4 Å². The highest BCUT2D eigenvalue weighted by Crippen LogP contribution is 2.52. The van der Waals surface area contributed by atoms with E-state index >= 15 is 0 Å². The Kier molecular flexibility index (Phi) is 7.54. The van der Waals surface area contributed by atoms with Crippen LogP contribution in [-0.2, 0) is 13.6 Å². The second-order valence-corrected chi connectivity index (χ2v) is 9.79. The molecule has 34 heavy (non-hydrogen) atoms. The van der Waals surface area contributed by atoms with Crippen LogP contribution in [0, 0.1) is 0 Å². The van der Waals surface area contributed by atoms with Crippen molar-refractivity contribution < 1.29 is 18.3 Å². The lowest BCUT2D eigenvalue weighted by Crippen LogP contribution is -2.19. The molecule has 0 unspecified atom stereocenters. The smallest absolute Gasteiger partial charge is 0.365 e. The number of hydrogen-bond donors (Lipinski definition) is 1. The molecule has 8 heteroatoms. The Morgan fingerprint density at radius 3 is 2.24 bits per heavy atom. The Labute approximate surface area is 204 Å². The topological polar surface area (TPSA) is 69.7 Å². The first-order chi connectivity index (χ1) is 16.5. The fraction of sp³-hybridized carbons (Fsp3) is 0.192. The number of halogens is 1. The molecular weight excluding hydrogens is 471 g/mol. The van der Waals surface area contributed by atoms with Crippen LogP contribution in [0.4, 0.5) is 11.4 Å². The van der Waals surface area contributed by atoms with Gasteiger partial charge >= 0.3 is 7.60 Å². The van der Waals surface area contributed by atoms with Crippen molar-refractivity contribution in [1.29, 1.82) is 0 Å². The number of nitrogens with one attached hydrogen (secondary N) is 1. The summed E-state index contributed by atoms with van der Waals surface area (Å²) in [6.07, 6.45) is 0. The maximum absolute atomic E-state index is 14.3. The molecule has 1 N–H and O–H groups in total. The molecule has 0 radical (unpaired) electrons. The number of pyridine rings is 1. The summed E-state index contributed by atoms with van der Waals surface area (Å²) >= 11 is 6.38. The first-order valence-electron chi connectivity index (χ1n) is 11.0. The number of methoxy groups -OCH3 is 1. The zero-order valence-corrected chi connectivity index (χ0v) is 20.9. The molecular formula is C26H26ClN2O4P. The fourth-order valence-corrected chi connectivity index (χ4v) is 5.81. The lowest BCUT2D eigenvalue weighted by atomic mass is 10.1. The third-order valence-electron chi connectivity index (χ3n) is 5.20. The molecule has 1 aromatic heterocycles. The minimum absolute atomic E-state index is 0.209. The maximum atomic E-state index is 14.3. The summed E-state index contributed by atoms with van der Waals surface area (Å²) < 4.78 is 31.2. The molecule has 0 saturated carbocycles. The molecule has 1 heterocycles. The number of rotatable bonds is 9. The summed E-state index contributed by atoms with van der Waals surface area (Å²) in [5.74, 6) is 0.729. The van der Waals surface area contributed by atoms with E-state index in [1.54, 1.807) is 33.1 Å². The third-order valence-corrected chi connectivity index (χ3v) is 7.61. The van der Waals surface area contributed by atoms with Gasteiger partial charge in [0.2, 0.25) is 0 Å². The number of hydrogen-bond acceptors (Lipinski definition) is 6. The normalized spacial score (nSPS) is 11.5. The summed E-state index contributed by atoms with van der Waals surface area (Å²) in [5.41, 5.74) is 3.36. The summed E-state index contributed by atoms with van der Waals surface area (Å²) in [5, 5.41) is 5.05. The molecule has 3 aromatic carbocycles. The molecule has 0 atom stereocenters. The minimum atomic E-state index is -3.78. The van der Waals surface area contributed by atoms with Gasteiger partial charge in [-0.2, -0.15) is 0 Å². The summed E-state index contributed by atoms with van der Waals surface area (Å²) in [4.78, 5) is 4.90. The summed E-state index contributed by atoms with van der Waals surface area (Å²) in [7, 11) is -2.16. The predicted octanol–water partition coefficient (Wildman–Crippen LogP) is 7.20. The molecule has 6 nitrogen and oxygen atoms in total. The van der Waals surface area contributed by atoms with Gasteiger partial charge in [0.15, 0.2) is 0 Å². The molecule has 0 saturated heterocycles. The van der Waals surface area contributed by atoms with Gasteiger partial charge in [-0.15, -0.1) is 0 Å². The van der Waals surface area contributed by atoms with Crippen molar-refractivity contribution in [2.75, 3.05) is 25.6 Å². The monoisotopic (exact) mass is 496 g/mol. The highest BCUT2D eigenvalue weighted by Gasteiger charge is 2.35. The van der Waals surface area contributed by atoms with Gasteiger partial charge in [0.25, 0.3) is 0 Å². The van der Waals surface area contributed by atoms with Crippen molar-refractivity contribution in [2.45, 2.75) is 13.8 Å². The quantitative estimate of drug-likeness (QED) is 0.247. The van der Waals surface area contributed by atoms with Crippen LogP contribution in [-0.4, -0.2) is 25.3 Å². The van der Waals surface area contributed by atoms with Crippen LogP contribution in [0.25, 0.3) is 22.2 Å². The van der Waals surface area contributed by atoms with E-state index in [2.05, 4.69) is 5.32 Å². The van der Waals surface area contributed by atoms with E-state index in [4.69, 9.17) is 30.4 Å². The van der Waals surface area contributed by atoms with Crippen LogP contribution in [0.15, 0.2) is 72.8 Å². The van der Waals surface area contributed by atoms with E-state index in [1.807, 2.05) is 60.7 Å². The molecule has 4 aromatic rings. The highest BCUT2D eigenvalue weighted by atomic mass is 35.5. The Morgan fingerprint density at radius 1 is 0.941 bits per heavy atom. The van der Waals surface area contributed by atoms with Crippen LogP contribution in [0.5, 0.6) is 5.75 Å². The van der Waals surface area contributed by atoms with Gasteiger partial charge in [0.1, 0.15) is 11.1 Å². The Balaban J connectivity index is 2.07. The second-order valence-electron chi connectivity index (χ2n) is 7.40. The molecule has 0 aliphatic carbocycles. The minimum Gasteiger partial charge on any atom is -0.497 e. The number of benzene rings is 3. The van der Waals surface area contributed by atoms with Gasteiger partial charge in [0.05, 0.1) is 37.2 Å². The van der Waals surface area contributed by atoms with E-state index < -0.39 is 7.60 Å². The van der Waals surface area contributed by atoms with Gasteiger partial charge < -0.3 is 19.1 Å². The SMILES string of the molecule is CCOP(=O)(OCC)c1c(-c2ccccc2)nc2ccc(Cl)cc2c1Nc1ccc(OC)cc1.